The molecule has 3 nitrogen and oxygen atoms in total. The summed E-state index contributed by atoms with van der Waals surface area (Å²) < 4.78 is 0. The van der Waals surface area contributed by atoms with Gasteiger partial charge in [0.25, 0.3) is 0 Å². The van der Waals surface area contributed by atoms with E-state index in [0.717, 1.165) is 6.42 Å². The Balaban J connectivity index is 2.13. The molecule has 0 spiro atoms. The van der Waals surface area contributed by atoms with Crippen molar-refractivity contribution in [2.75, 3.05) is 6.54 Å². The van der Waals surface area contributed by atoms with Crippen LogP contribution in [0.5, 0.6) is 0 Å². The number of carbonyl (C=O) groups excluding carboxylic acids is 1. The maximum Gasteiger partial charge on any atom is 0.159 e. The SMILES string of the molecule is O=C1C=CN2C[C@@H](O)C[C@H]2C1. The Kier molecular flexibility index (Phi) is 1.46. The van der Waals surface area contributed by atoms with Crippen molar-refractivity contribution in [1.29, 1.82) is 0 Å². The molecule has 0 amide bonds. The Labute approximate surface area is 65.3 Å². The highest BCUT2D eigenvalue weighted by atomic mass is 16.3. The van der Waals surface area contributed by atoms with Crippen LogP contribution < -0.4 is 0 Å². The molecule has 0 unspecified atom stereocenters. The van der Waals surface area contributed by atoms with Crippen LogP contribution in [0.3, 0.4) is 0 Å². The minimum absolute atomic E-state index is 0.181. The molecule has 60 valence electrons. The fourth-order valence-corrected chi connectivity index (χ4v) is 1.78. The largest absolute Gasteiger partial charge is 0.391 e. The molecule has 0 bridgehead atoms. The van der Waals surface area contributed by atoms with E-state index in [2.05, 4.69) is 0 Å². The fraction of sp³-hybridized carbons (Fsp3) is 0.625. The number of fused-ring (bicyclic) bond motifs is 1. The second-order valence-electron chi connectivity index (χ2n) is 3.23. The molecule has 0 aromatic heterocycles. The van der Waals surface area contributed by atoms with Crippen LogP contribution in [-0.2, 0) is 4.79 Å². The average molecular weight is 153 g/mol. The lowest BCUT2D eigenvalue weighted by molar-refractivity contribution is -0.116. The molecule has 2 heterocycles. The zero-order chi connectivity index (χ0) is 7.84. The summed E-state index contributed by atoms with van der Waals surface area (Å²) >= 11 is 0. The van der Waals surface area contributed by atoms with Gasteiger partial charge in [0.1, 0.15) is 0 Å². The van der Waals surface area contributed by atoms with E-state index in [9.17, 15) is 9.90 Å². The van der Waals surface area contributed by atoms with Gasteiger partial charge in [-0.1, -0.05) is 0 Å². The number of hydrogen-bond donors (Lipinski definition) is 1. The summed E-state index contributed by atoms with van der Waals surface area (Å²) in [7, 11) is 0. The molecule has 1 fully saturated rings. The first-order valence-corrected chi connectivity index (χ1v) is 3.90. The first-order chi connectivity index (χ1) is 5.25. The highest BCUT2D eigenvalue weighted by molar-refractivity contribution is 5.90. The van der Waals surface area contributed by atoms with Gasteiger partial charge in [-0.05, 0) is 12.5 Å². The van der Waals surface area contributed by atoms with E-state index in [-0.39, 0.29) is 17.9 Å². The molecule has 2 rings (SSSR count). The van der Waals surface area contributed by atoms with Crippen molar-refractivity contribution >= 4 is 5.78 Å². The molecule has 3 heteroatoms. The van der Waals surface area contributed by atoms with Crippen LogP contribution in [0.15, 0.2) is 12.3 Å². The molecule has 0 aromatic carbocycles. The van der Waals surface area contributed by atoms with E-state index in [1.807, 2.05) is 4.90 Å². The maximum atomic E-state index is 10.9. The highest BCUT2D eigenvalue weighted by Crippen LogP contribution is 2.23. The molecule has 2 aliphatic heterocycles. The maximum absolute atomic E-state index is 10.9. The summed E-state index contributed by atoms with van der Waals surface area (Å²) in [4.78, 5) is 13.0. The summed E-state index contributed by atoms with van der Waals surface area (Å²) in [5.41, 5.74) is 0. The molecule has 11 heavy (non-hydrogen) atoms. The van der Waals surface area contributed by atoms with Crippen LogP contribution in [0.1, 0.15) is 12.8 Å². The van der Waals surface area contributed by atoms with E-state index < -0.39 is 0 Å². The van der Waals surface area contributed by atoms with E-state index in [1.165, 1.54) is 0 Å². The van der Waals surface area contributed by atoms with Gasteiger partial charge in [-0.3, -0.25) is 4.79 Å². The highest BCUT2D eigenvalue weighted by Gasteiger charge is 2.31. The summed E-state index contributed by atoms with van der Waals surface area (Å²) in [6.07, 6.45) is 4.47. The van der Waals surface area contributed by atoms with Gasteiger partial charge in [-0.2, -0.15) is 0 Å². The molecular weight excluding hydrogens is 142 g/mol. The Morgan fingerprint density at radius 3 is 3.27 bits per heavy atom. The molecule has 2 atom stereocenters. The first-order valence-electron chi connectivity index (χ1n) is 3.90. The number of hydrogen-bond acceptors (Lipinski definition) is 3. The predicted octanol–water partition coefficient (Wildman–Crippen LogP) is -0.0919. The number of aliphatic hydroxyl groups is 1. The number of allylic oxidation sites excluding steroid dienone is 1. The molecule has 0 aromatic rings. The van der Waals surface area contributed by atoms with Crippen molar-refractivity contribution in [1.82, 2.24) is 4.90 Å². The van der Waals surface area contributed by atoms with Gasteiger partial charge in [-0.25, -0.2) is 0 Å². The lowest BCUT2D eigenvalue weighted by Gasteiger charge is -2.24. The van der Waals surface area contributed by atoms with Crippen molar-refractivity contribution in [3.05, 3.63) is 12.3 Å². The van der Waals surface area contributed by atoms with E-state index in [4.69, 9.17) is 0 Å². The monoisotopic (exact) mass is 153 g/mol. The summed E-state index contributed by atoms with van der Waals surface area (Å²) in [5.74, 6) is 0.181. The smallest absolute Gasteiger partial charge is 0.159 e. The zero-order valence-electron chi connectivity index (χ0n) is 6.23. The Morgan fingerprint density at radius 2 is 2.45 bits per heavy atom. The van der Waals surface area contributed by atoms with Gasteiger partial charge in [0.2, 0.25) is 0 Å². The average Bonchev–Trinajstić information content (AvgIpc) is 2.27. The molecule has 2 aliphatic rings. The van der Waals surface area contributed by atoms with Gasteiger partial charge in [0, 0.05) is 25.2 Å². The Bertz CT molecular complexity index is 212. The number of nitrogens with zero attached hydrogens (tertiary/aromatic N) is 1. The summed E-state index contributed by atoms with van der Waals surface area (Å²) in [6.45, 7) is 0.689. The molecule has 0 aliphatic carbocycles. The third kappa shape index (κ3) is 1.16. The summed E-state index contributed by atoms with van der Waals surface area (Å²) in [6, 6.07) is 0.266. The lowest BCUT2D eigenvalue weighted by Crippen LogP contribution is -2.29. The molecule has 0 saturated carbocycles. The van der Waals surface area contributed by atoms with Gasteiger partial charge in [0.15, 0.2) is 5.78 Å². The van der Waals surface area contributed by atoms with Crippen LogP contribution in [0.4, 0.5) is 0 Å². The third-order valence-corrected chi connectivity index (χ3v) is 2.32. The quantitative estimate of drug-likeness (QED) is 0.528. The van der Waals surface area contributed by atoms with E-state index in [1.54, 1.807) is 12.3 Å². The van der Waals surface area contributed by atoms with Crippen molar-refractivity contribution in [3.63, 3.8) is 0 Å². The summed E-state index contributed by atoms with van der Waals surface area (Å²) in [5, 5.41) is 9.26. The number of rotatable bonds is 0. The van der Waals surface area contributed by atoms with Gasteiger partial charge in [0.05, 0.1) is 6.10 Å². The molecule has 1 saturated heterocycles. The first kappa shape index (κ1) is 6.85. The Morgan fingerprint density at radius 1 is 1.64 bits per heavy atom. The minimum Gasteiger partial charge on any atom is -0.391 e. The number of carbonyl (C=O) groups is 1. The molecule has 1 N–H and O–H groups in total. The van der Waals surface area contributed by atoms with Gasteiger partial charge < -0.3 is 10.0 Å². The zero-order valence-corrected chi connectivity index (χ0v) is 6.23. The van der Waals surface area contributed by atoms with Crippen LogP contribution in [-0.4, -0.2) is 34.5 Å². The molecule has 0 radical (unpaired) electrons. The van der Waals surface area contributed by atoms with Crippen LogP contribution in [0.2, 0.25) is 0 Å². The van der Waals surface area contributed by atoms with Crippen molar-refractivity contribution in [2.24, 2.45) is 0 Å². The number of aliphatic hydroxyl groups excluding tert-OH is 1. The Hall–Kier alpha value is -0.830. The van der Waals surface area contributed by atoms with Gasteiger partial charge >= 0.3 is 0 Å². The van der Waals surface area contributed by atoms with Crippen molar-refractivity contribution in [2.45, 2.75) is 25.0 Å². The van der Waals surface area contributed by atoms with Crippen LogP contribution >= 0.6 is 0 Å². The van der Waals surface area contributed by atoms with Crippen LogP contribution in [0, 0.1) is 0 Å². The number of ketones is 1. The third-order valence-electron chi connectivity index (χ3n) is 2.32. The molecular formula is C8H11NO2. The topological polar surface area (TPSA) is 40.5 Å². The second kappa shape index (κ2) is 2.34. The standard InChI is InChI=1S/C8H11NO2/c10-7-1-2-9-5-8(11)4-6(9)3-7/h1-2,6,8,11H,3-5H2/t6-,8+/m1/s1. The fourth-order valence-electron chi connectivity index (χ4n) is 1.78. The minimum atomic E-state index is -0.240. The van der Waals surface area contributed by atoms with Crippen LogP contribution in [0.25, 0.3) is 0 Å². The predicted molar refractivity (Wildman–Crippen MR) is 39.9 cm³/mol. The van der Waals surface area contributed by atoms with E-state index >= 15 is 0 Å². The second-order valence-corrected chi connectivity index (χ2v) is 3.23. The van der Waals surface area contributed by atoms with Crippen molar-refractivity contribution < 1.29 is 9.90 Å². The normalized spacial score (nSPS) is 36.1. The van der Waals surface area contributed by atoms with Crippen molar-refractivity contribution in [3.8, 4) is 0 Å². The van der Waals surface area contributed by atoms with Gasteiger partial charge in [-0.15, -0.1) is 0 Å². The lowest BCUT2D eigenvalue weighted by atomic mass is 10.1. The van der Waals surface area contributed by atoms with E-state index in [0.29, 0.717) is 13.0 Å².